The molecule has 1 nitrogen and oxygen atoms in total. The van der Waals surface area contributed by atoms with Gasteiger partial charge in [-0.15, -0.1) is 0 Å². The van der Waals surface area contributed by atoms with Crippen molar-refractivity contribution in [1.29, 1.82) is 0 Å². The zero-order chi connectivity index (χ0) is 17.2. The van der Waals surface area contributed by atoms with E-state index in [9.17, 15) is 0 Å². The third kappa shape index (κ3) is 2.93. The van der Waals surface area contributed by atoms with Crippen molar-refractivity contribution in [3.63, 3.8) is 0 Å². The van der Waals surface area contributed by atoms with E-state index in [-0.39, 0.29) is 0 Å². The molecule has 0 fully saturated rings. The molecule has 0 saturated heterocycles. The van der Waals surface area contributed by atoms with E-state index in [1.165, 1.54) is 0 Å². The molecule has 0 aliphatic carbocycles. The largest absolute Gasteiger partial charge is 0.455 e. The third-order valence-electron chi connectivity index (χ3n) is 4.10. The van der Waals surface area contributed by atoms with Gasteiger partial charge in [-0.05, 0) is 17.7 Å². The molecular weight excluding hydrogens is 344 g/mol. The summed E-state index contributed by atoms with van der Waals surface area (Å²) in [6.45, 7) is 0. The Bertz CT molecular complexity index is 1110. The van der Waals surface area contributed by atoms with Crippen molar-refractivity contribution in [1.82, 2.24) is 0 Å². The first-order chi connectivity index (χ1) is 12.3. The van der Waals surface area contributed by atoms with Gasteiger partial charge in [-0.1, -0.05) is 97.2 Å². The van der Waals surface area contributed by atoms with Crippen LogP contribution in [0, 0.1) is 4.51 Å². The maximum Gasteiger partial charge on any atom is 0.144 e. The van der Waals surface area contributed by atoms with Gasteiger partial charge < -0.3 is 4.42 Å². The molecule has 0 bridgehead atoms. The number of benzene rings is 3. The van der Waals surface area contributed by atoms with Crippen molar-refractivity contribution < 1.29 is 4.42 Å². The fourth-order valence-electron chi connectivity index (χ4n) is 2.87. The van der Waals surface area contributed by atoms with Gasteiger partial charge in [-0.2, -0.15) is 0 Å². The van der Waals surface area contributed by atoms with Gasteiger partial charge >= 0.3 is 0 Å². The summed E-state index contributed by atoms with van der Waals surface area (Å²) in [6, 6.07) is 27.7. The molecule has 1 heterocycles. The SMILES string of the molecule is S=C(c1ccccc1)c1c(-c2ccccc2)oc2ccccc2c1=S. The quantitative estimate of drug-likeness (QED) is 0.303. The van der Waals surface area contributed by atoms with Gasteiger partial charge in [0, 0.05) is 10.9 Å². The highest BCUT2D eigenvalue weighted by atomic mass is 32.1. The van der Waals surface area contributed by atoms with Gasteiger partial charge in [0.05, 0.1) is 14.9 Å². The molecule has 0 radical (unpaired) electrons. The molecule has 0 unspecified atom stereocenters. The molecule has 0 atom stereocenters. The highest BCUT2D eigenvalue weighted by Crippen LogP contribution is 2.32. The van der Waals surface area contributed by atoms with Crippen LogP contribution in [0.1, 0.15) is 11.1 Å². The molecule has 3 heteroatoms. The van der Waals surface area contributed by atoms with Crippen LogP contribution in [0.5, 0.6) is 0 Å². The normalized spacial score (nSPS) is 10.7. The fourth-order valence-corrected chi connectivity index (χ4v) is 3.63. The van der Waals surface area contributed by atoms with E-state index in [1.807, 2.05) is 84.9 Å². The average molecular weight is 358 g/mol. The lowest BCUT2D eigenvalue weighted by Gasteiger charge is -2.13. The van der Waals surface area contributed by atoms with Crippen LogP contribution in [0.2, 0.25) is 0 Å². The maximum absolute atomic E-state index is 6.25. The van der Waals surface area contributed by atoms with E-state index in [1.54, 1.807) is 0 Å². The summed E-state index contributed by atoms with van der Waals surface area (Å²) in [5.41, 5.74) is 3.51. The molecule has 0 aliphatic heterocycles. The van der Waals surface area contributed by atoms with Crippen molar-refractivity contribution in [2.45, 2.75) is 0 Å². The Hall–Kier alpha value is -2.62. The number of fused-ring (bicyclic) bond motifs is 1. The second-order valence-electron chi connectivity index (χ2n) is 5.69. The Balaban J connectivity index is 2.06. The fraction of sp³-hybridized carbons (Fsp3) is 0. The molecular formula is C22H14OS2. The van der Waals surface area contributed by atoms with Gasteiger partial charge in [0.25, 0.3) is 0 Å². The van der Waals surface area contributed by atoms with E-state index in [0.717, 1.165) is 37.9 Å². The van der Waals surface area contributed by atoms with Crippen molar-refractivity contribution in [3.8, 4) is 11.3 Å². The average Bonchev–Trinajstić information content (AvgIpc) is 2.69. The summed E-state index contributed by atoms with van der Waals surface area (Å²) >= 11 is 11.6. The van der Waals surface area contributed by atoms with Crippen molar-refractivity contribution in [2.24, 2.45) is 0 Å². The Morgan fingerprint density at radius 3 is 2.04 bits per heavy atom. The lowest BCUT2D eigenvalue weighted by molar-refractivity contribution is 0.618. The van der Waals surface area contributed by atoms with Gasteiger partial charge in [-0.3, -0.25) is 0 Å². The zero-order valence-electron chi connectivity index (χ0n) is 13.3. The van der Waals surface area contributed by atoms with Crippen molar-refractivity contribution >= 4 is 40.3 Å². The monoisotopic (exact) mass is 358 g/mol. The molecule has 4 rings (SSSR count). The summed E-state index contributed by atoms with van der Waals surface area (Å²) in [5, 5.41) is 0.908. The molecule has 0 spiro atoms. The summed E-state index contributed by atoms with van der Waals surface area (Å²) in [7, 11) is 0. The lowest BCUT2D eigenvalue weighted by atomic mass is 9.99. The van der Waals surface area contributed by atoms with Crippen LogP contribution < -0.4 is 0 Å². The first-order valence-electron chi connectivity index (χ1n) is 7.97. The maximum atomic E-state index is 6.25. The summed E-state index contributed by atoms with van der Waals surface area (Å²) < 4.78 is 6.98. The standard InChI is InChI=1S/C22H14OS2/c24-21(16-11-5-2-6-12-16)19-20(15-9-3-1-4-10-15)23-18-14-8-7-13-17(18)22(19)25/h1-14H. The van der Waals surface area contributed by atoms with Crippen LogP contribution in [-0.4, -0.2) is 4.86 Å². The van der Waals surface area contributed by atoms with Gasteiger partial charge in [-0.25, -0.2) is 0 Å². The van der Waals surface area contributed by atoms with E-state index in [2.05, 4.69) is 0 Å². The van der Waals surface area contributed by atoms with E-state index in [0.29, 0.717) is 4.86 Å². The highest BCUT2D eigenvalue weighted by Gasteiger charge is 2.18. The molecule has 0 aliphatic rings. The molecule has 0 N–H and O–H groups in total. The predicted octanol–water partition coefficient (Wildman–Crippen LogP) is 6.60. The number of para-hydroxylation sites is 1. The van der Waals surface area contributed by atoms with Gasteiger partial charge in [0.15, 0.2) is 0 Å². The van der Waals surface area contributed by atoms with Crippen LogP contribution in [0.15, 0.2) is 89.3 Å². The van der Waals surface area contributed by atoms with E-state index < -0.39 is 0 Å². The summed E-state index contributed by atoms with van der Waals surface area (Å²) in [4.78, 5) is 0.707. The minimum atomic E-state index is 0.707. The van der Waals surface area contributed by atoms with Crippen LogP contribution in [0.25, 0.3) is 22.3 Å². The van der Waals surface area contributed by atoms with E-state index >= 15 is 0 Å². The molecule has 0 saturated carbocycles. The first-order valence-corrected chi connectivity index (χ1v) is 8.78. The van der Waals surface area contributed by atoms with Crippen molar-refractivity contribution in [3.05, 3.63) is 101 Å². The number of hydrogen-bond donors (Lipinski definition) is 0. The lowest BCUT2D eigenvalue weighted by Crippen LogP contribution is -2.04. The zero-order valence-corrected chi connectivity index (χ0v) is 14.9. The number of thiocarbonyl (C=S) groups is 1. The van der Waals surface area contributed by atoms with Crippen LogP contribution in [-0.2, 0) is 0 Å². The number of hydrogen-bond acceptors (Lipinski definition) is 3. The van der Waals surface area contributed by atoms with Crippen LogP contribution >= 0.6 is 24.4 Å². The second kappa shape index (κ2) is 6.71. The molecule has 120 valence electrons. The van der Waals surface area contributed by atoms with Crippen molar-refractivity contribution in [2.75, 3.05) is 0 Å². The van der Waals surface area contributed by atoms with Crippen LogP contribution in [0.3, 0.4) is 0 Å². The first kappa shape index (κ1) is 15.9. The van der Waals surface area contributed by atoms with Crippen LogP contribution in [0.4, 0.5) is 0 Å². The summed E-state index contributed by atoms with van der Waals surface area (Å²) in [6.07, 6.45) is 0. The topological polar surface area (TPSA) is 13.1 Å². The van der Waals surface area contributed by atoms with E-state index in [4.69, 9.17) is 28.9 Å². The minimum absolute atomic E-state index is 0.707. The smallest absolute Gasteiger partial charge is 0.144 e. The van der Waals surface area contributed by atoms with Gasteiger partial charge in [0.1, 0.15) is 11.3 Å². The third-order valence-corrected chi connectivity index (χ3v) is 4.96. The molecule has 1 aromatic heterocycles. The molecule has 25 heavy (non-hydrogen) atoms. The Labute approximate surface area is 156 Å². The molecule has 4 aromatic rings. The second-order valence-corrected chi connectivity index (χ2v) is 6.51. The number of rotatable bonds is 3. The molecule has 0 amide bonds. The Morgan fingerprint density at radius 2 is 1.32 bits per heavy atom. The Morgan fingerprint density at radius 1 is 0.720 bits per heavy atom. The Kier molecular flexibility index (Phi) is 4.26. The minimum Gasteiger partial charge on any atom is -0.455 e. The summed E-state index contributed by atoms with van der Waals surface area (Å²) in [5.74, 6) is 0.721. The van der Waals surface area contributed by atoms with Gasteiger partial charge in [0.2, 0.25) is 0 Å². The predicted molar refractivity (Wildman–Crippen MR) is 110 cm³/mol. The molecule has 3 aromatic carbocycles. The highest BCUT2D eigenvalue weighted by molar-refractivity contribution is 7.81.